The molecule has 0 saturated carbocycles. The lowest BCUT2D eigenvalue weighted by molar-refractivity contribution is -0.135. The van der Waals surface area contributed by atoms with E-state index in [1.54, 1.807) is 12.3 Å². The Kier molecular flexibility index (Phi) is 5.73. The third-order valence-corrected chi connectivity index (χ3v) is 5.55. The molecule has 2 aliphatic heterocycles. The average molecular weight is 378 g/mol. The zero-order chi connectivity index (χ0) is 19.7. The first-order chi connectivity index (χ1) is 12.1. The molecule has 6 nitrogen and oxygen atoms in total. The molecule has 26 heavy (non-hydrogen) atoms. The van der Waals surface area contributed by atoms with Crippen LogP contribution >= 0.6 is 11.3 Å². The van der Waals surface area contributed by atoms with Gasteiger partial charge in [0.15, 0.2) is 0 Å². The van der Waals surface area contributed by atoms with Gasteiger partial charge in [0.05, 0.1) is 23.3 Å². The summed E-state index contributed by atoms with van der Waals surface area (Å²) in [6.45, 7) is 12.3. The van der Waals surface area contributed by atoms with Gasteiger partial charge >= 0.3 is 0 Å². The smallest absolute Gasteiger partial charge is 0.254 e. The van der Waals surface area contributed by atoms with Crippen molar-refractivity contribution < 1.29 is 14.3 Å². The first-order valence-corrected chi connectivity index (χ1v) is 9.59. The minimum absolute atomic E-state index is 0.258. The van der Waals surface area contributed by atoms with Crippen LogP contribution in [-0.4, -0.2) is 30.2 Å². The molecule has 142 valence electrons. The number of nitrogens with two attached hydrogens (primary N) is 1. The quantitative estimate of drug-likeness (QED) is 0.845. The SMILES string of the molecule is CC.CC1(C)Cc2c(sc(NC(=O)C3=CC=NC3)c2C(N)=O)C(C)(C)O1. The van der Waals surface area contributed by atoms with Crippen LogP contribution in [0.3, 0.4) is 0 Å². The van der Waals surface area contributed by atoms with Crippen LogP contribution in [0.25, 0.3) is 0 Å². The number of nitrogens with zero attached hydrogens (tertiary/aromatic N) is 1. The van der Waals surface area contributed by atoms with E-state index in [9.17, 15) is 9.59 Å². The Hall–Kier alpha value is -1.99. The van der Waals surface area contributed by atoms with Gasteiger partial charge in [0.1, 0.15) is 5.00 Å². The molecule has 3 N–H and O–H groups in total. The fourth-order valence-electron chi connectivity index (χ4n) is 3.35. The number of anilines is 1. The molecular formula is C19H27N3O3S. The molecule has 0 saturated heterocycles. The second kappa shape index (κ2) is 7.32. The van der Waals surface area contributed by atoms with Crippen LogP contribution in [0.5, 0.6) is 0 Å². The number of hydrogen-bond donors (Lipinski definition) is 2. The van der Waals surface area contributed by atoms with Crippen molar-refractivity contribution in [1.82, 2.24) is 0 Å². The van der Waals surface area contributed by atoms with Crippen LogP contribution in [0.2, 0.25) is 0 Å². The molecule has 3 heterocycles. The van der Waals surface area contributed by atoms with Gasteiger partial charge in [0.2, 0.25) is 0 Å². The highest BCUT2D eigenvalue weighted by molar-refractivity contribution is 7.17. The van der Waals surface area contributed by atoms with Gasteiger partial charge < -0.3 is 15.8 Å². The molecule has 0 spiro atoms. The third kappa shape index (κ3) is 3.88. The summed E-state index contributed by atoms with van der Waals surface area (Å²) >= 11 is 1.36. The van der Waals surface area contributed by atoms with Crippen molar-refractivity contribution in [2.75, 3.05) is 11.9 Å². The summed E-state index contributed by atoms with van der Waals surface area (Å²) in [5.74, 6) is -0.792. The lowest BCUT2D eigenvalue weighted by Gasteiger charge is -2.41. The number of fused-ring (bicyclic) bond motifs is 1. The van der Waals surface area contributed by atoms with E-state index in [1.165, 1.54) is 11.3 Å². The second-order valence-corrected chi connectivity index (χ2v) is 8.18. The van der Waals surface area contributed by atoms with E-state index < -0.39 is 17.1 Å². The number of amides is 2. The zero-order valence-corrected chi connectivity index (χ0v) is 17.0. The van der Waals surface area contributed by atoms with E-state index in [0.717, 1.165) is 10.4 Å². The van der Waals surface area contributed by atoms with Crippen molar-refractivity contribution in [2.24, 2.45) is 10.7 Å². The Labute approximate surface area is 158 Å². The first-order valence-electron chi connectivity index (χ1n) is 8.77. The van der Waals surface area contributed by atoms with Crippen molar-refractivity contribution >= 4 is 34.4 Å². The largest absolute Gasteiger partial charge is 0.365 e. The van der Waals surface area contributed by atoms with Crippen molar-refractivity contribution in [3.63, 3.8) is 0 Å². The van der Waals surface area contributed by atoms with Crippen LogP contribution in [0.1, 0.15) is 62.3 Å². The van der Waals surface area contributed by atoms with Crippen LogP contribution in [-0.2, 0) is 21.6 Å². The molecule has 0 unspecified atom stereocenters. The highest BCUT2D eigenvalue weighted by Gasteiger charge is 2.42. The molecular weight excluding hydrogens is 350 g/mol. The number of carbonyl (C=O) groups excluding carboxylic acids is 2. The van der Waals surface area contributed by atoms with E-state index in [0.29, 0.717) is 29.1 Å². The number of thiophene rings is 1. The lowest BCUT2D eigenvalue weighted by atomic mass is 9.86. The Morgan fingerprint density at radius 3 is 2.46 bits per heavy atom. The summed E-state index contributed by atoms with van der Waals surface area (Å²) in [5, 5.41) is 3.32. The number of ether oxygens (including phenoxy) is 1. The summed E-state index contributed by atoms with van der Waals surface area (Å²) in [5.41, 5.74) is 6.50. The Morgan fingerprint density at radius 1 is 1.27 bits per heavy atom. The molecule has 0 atom stereocenters. The standard InChI is InChI=1S/C17H21N3O3S.C2H6/c1-16(2)7-10-11(13(18)21)15(24-12(10)17(3,4)23-16)20-14(22)9-5-6-19-8-9;1-2/h5-6H,7-8H2,1-4H3,(H2,18,21)(H,20,22);1-2H3. The maximum atomic E-state index is 12.4. The van der Waals surface area contributed by atoms with Gasteiger partial charge in [0, 0.05) is 23.1 Å². The van der Waals surface area contributed by atoms with Gasteiger partial charge in [-0.3, -0.25) is 14.6 Å². The predicted molar refractivity (Wildman–Crippen MR) is 106 cm³/mol. The number of rotatable bonds is 3. The van der Waals surface area contributed by atoms with E-state index >= 15 is 0 Å². The molecule has 0 fully saturated rings. The summed E-state index contributed by atoms with van der Waals surface area (Å²) < 4.78 is 6.15. The van der Waals surface area contributed by atoms with Gasteiger partial charge in [-0.2, -0.15) is 0 Å². The van der Waals surface area contributed by atoms with E-state index in [-0.39, 0.29) is 5.91 Å². The van der Waals surface area contributed by atoms with Gasteiger partial charge in [-0.05, 0) is 39.3 Å². The number of nitrogens with one attached hydrogen (secondary N) is 1. The van der Waals surface area contributed by atoms with E-state index in [4.69, 9.17) is 10.5 Å². The highest BCUT2D eigenvalue weighted by Crippen LogP contribution is 2.48. The van der Waals surface area contributed by atoms with Crippen molar-refractivity contribution in [1.29, 1.82) is 0 Å². The number of primary amides is 1. The normalized spacial score (nSPS) is 19.1. The first kappa shape index (κ1) is 20.3. The number of carbonyl (C=O) groups is 2. The minimum Gasteiger partial charge on any atom is -0.365 e. The molecule has 2 aliphatic rings. The van der Waals surface area contributed by atoms with Gasteiger partial charge in [-0.15, -0.1) is 11.3 Å². The fraction of sp³-hybridized carbons (Fsp3) is 0.526. The second-order valence-electron chi connectivity index (χ2n) is 7.16. The molecule has 1 aromatic rings. The van der Waals surface area contributed by atoms with Crippen LogP contribution in [0, 0.1) is 0 Å². The molecule has 1 aromatic heterocycles. The van der Waals surface area contributed by atoms with E-state index in [2.05, 4.69) is 10.3 Å². The van der Waals surface area contributed by atoms with Crippen LogP contribution < -0.4 is 11.1 Å². The summed E-state index contributed by atoms with van der Waals surface area (Å²) in [6, 6.07) is 0. The molecule has 7 heteroatoms. The topological polar surface area (TPSA) is 93.8 Å². The van der Waals surface area contributed by atoms with Crippen LogP contribution in [0.4, 0.5) is 5.00 Å². The van der Waals surface area contributed by atoms with Crippen molar-refractivity contribution in [2.45, 2.75) is 59.2 Å². The summed E-state index contributed by atoms with van der Waals surface area (Å²) in [4.78, 5) is 29.4. The molecule has 2 amide bonds. The van der Waals surface area contributed by atoms with E-state index in [1.807, 2.05) is 41.5 Å². The number of aliphatic imine (C=N–C) groups is 1. The zero-order valence-electron chi connectivity index (χ0n) is 16.2. The lowest BCUT2D eigenvalue weighted by Crippen LogP contribution is -2.42. The van der Waals surface area contributed by atoms with Gasteiger partial charge in [-0.1, -0.05) is 13.8 Å². The maximum Gasteiger partial charge on any atom is 0.254 e. The average Bonchev–Trinajstić information content (AvgIpc) is 3.15. The molecule has 0 bridgehead atoms. The molecule has 0 aromatic carbocycles. The Morgan fingerprint density at radius 2 is 1.92 bits per heavy atom. The highest BCUT2D eigenvalue weighted by atomic mass is 32.1. The predicted octanol–water partition coefficient (Wildman–Crippen LogP) is 3.41. The maximum absolute atomic E-state index is 12.4. The Balaban J connectivity index is 0.00000117. The van der Waals surface area contributed by atoms with Gasteiger partial charge in [0.25, 0.3) is 11.8 Å². The van der Waals surface area contributed by atoms with Gasteiger partial charge in [-0.25, -0.2) is 0 Å². The summed E-state index contributed by atoms with van der Waals surface area (Å²) in [7, 11) is 0. The minimum atomic E-state index is -0.551. The molecule has 0 radical (unpaired) electrons. The monoisotopic (exact) mass is 377 g/mol. The summed E-state index contributed by atoms with van der Waals surface area (Å²) in [6.07, 6.45) is 3.84. The third-order valence-electron chi connectivity index (χ3n) is 4.10. The van der Waals surface area contributed by atoms with Crippen molar-refractivity contribution in [3.05, 3.63) is 27.7 Å². The molecule has 0 aliphatic carbocycles. The number of allylic oxidation sites excluding steroid dienone is 1. The van der Waals surface area contributed by atoms with Crippen LogP contribution in [0.15, 0.2) is 16.6 Å². The fourth-order valence-corrected chi connectivity index (χ4v) is 4.60. The van der Waals surface area contributed by atoms with Crippen molar-refractivity contribution in [3.8, 4) is 0 Å². The molecule has 3 rings (SSSR count). The Bertz CT molecular complexity index is 788. The number of hydrogen-bond acceptors (Lipinski definition) is 5.